The van der Waals surface area contributed by atoms with Crippen molar-refractivity contribution in [3.05, 3.63) is 66.0 Å². The molecule has 0 saturated carbocycles. The van der Waals surface area contributed by atoms with Crippen LogP contribution in [0.25, 0.3) is 11.0 Å². The fourth-order valence-corrected chi connectivity index (χ4v) is 3.51. The van der Waals surface area contributed by atoms with E-state index in [1.807, 2.05) is 53.4 Å². The highest BCUT2D eigenvalue weighted by molar-refractivity contribution is 5.74. The first kappa shape index (κ1) is 16.6. The Labute approximate surface area is 153 Å². The third kappa shape index (κ3) is 3.87. The fourth-order valence-electron chi connectivity index (χ4n) is 3.51. The molecule has 1 fully saturated rings. The second-order valence-electron chi connectivity index (χ2n) is 6.88. The number of hydrogen-bond acceptors (Lipinski definition) is 3. The number of piperidine rings is 1. The van der Waals surface area contributed by atoms with Gasteiger partial charge in [0.1, 0.15) is 12.4 Å². The van der Waals surface area contributed by atoms with E-state index in [1.54, 1.807) is 0 Å². The van der Waals surface area contributed by atoms with E-state index in [4.69, 9.17) is 4.74 Å². The van der Waals surface area contributed by atoms with Gasteiger partial charge in [-0.2, -0.15) is 0 Å². The van der Waals surface area contributed by atoms with Gasteiger partial charge in [-0.05, 0) is 36.5 Å². The van der Waals surface area contributed by atoms with Crippen molar-refractivity contribution in [1.29, 1.82) is 0 Å². The Bertz CT molecular complexity index is 834. The molecule has 1 aromatic heterocycles. The van der Waals surface area contributed by atoms with Crippen molar-refractivity contribution in [2.45, 2.75) is 25.9 Å². The Morgan fingerprint density at radius 3 is 2.58 bits per heavy atom. The summed E-state index contributed by atoms with van der Waals surface area (Å²) in [6, 6.07) is 17.9. The van der Waals surface area contributed by atoms with Crippen LogP contribution in [0.1, 0.15) is 24.2 Å². The number of carbonyl (C=O) groups is 1. The lowest BCUT2D eigenvalue weighted by atomic mass is 9.93. The fraction of sp³-hybridized carbons (Fsp3) is 0.333. The predicted molar refractivity (Wildman–Crippen MR) is 101 cm³/mol. The van der Waals surface area contributed by atoms with Gasteiger partial charge in [-0.1, -0.05) is 42.5 Å². The number of aromatic amines is 1. The highest BCUT2D eigenvalue weighted by Gasteiger charge is 2.24. The molecule has 5 nitrogen and oxygen atoms in total. The number of likely N-dealkylation sites (tertiary alicyclic amines) is 1. The van der Waals surface area contributed by atoms with E-state index in [9.17, 15) is 4.79 Å². The Hall–Kier alpha value is -2.82. The number of hydrogen-bond donors (Lipinski definition) is 1. The summed E-state index contributed by atoms with van der Waals surface area (Å²) in [4.78, 5) is 22.1. The van der Waals surface area contributed by atoms with Gasteiger partial charge in [0.2, 0.25) is 0 Å². The van der Waals surface area contributed by atoms with Gasteiger partial charge >= 0.3 is 6.09 Å². The molecule has 1 aliphatic rings. The summed E-state index contributed by atoms with van der Waals surface area (Å²) in [6.07, 6.45) is 2.69. The molecule has 0 aliphatic carbocycles. The van der Waals surface area contributed by atoms with Crippen LogP contribution in [0.2, 0.25) is 0 Å². The number of nitrogens with zero attached hydrogens (tertiary/aromatic N) is 2. The smallest absolute Gasteiger partial charge is 0.410 e. The van der Waals surface area contributed by atoms with E-state index in [0.29, 0.717) is 12.5 Å². The van der Waals surface area contributed by atoms with Gasteiger partial charge in [-0.3, -0.25) is 0 Å². The van der Waals surface area contributed by atoms with Crippen LogP contribution >= 0.6 is 0 Å². The van der Waals surface area contributed by atoms with Crippen molar-refractivity contribution in [3.8, 4) is 0 Å². The highest BCUT2D eigenvalue weighted by Crippen LogP contribution is 2.22. The minimum atomic E-state index is -0.212. The van der Waals surface area contributed by atoms with Gasteiger partial charge in [0, 0.05) is 19.5 Å². The van der Waals surface area contributed by atoms with E-state index in [1.165, 1.54) is 0 Å². The van der Waals surface area contributed by atoms with Gasteiger partial charge in [-0.15, -0.1) is 0 Å². The molecule has 0 radical (unpaired) electrons. The summed E-state index contributed by atoms with van der Waals surface area (Å²) < 4.78 is 5.43. The second kappa shape index (κ2) is 7.60. The van der Waals surface area contributed by atoms with Crippen LogP contribution in [0.3, 0.4) is 0 Å². The van der Waals surface area contributed by atoms with Gasteiger partial charge in [0.25, 0.3) is 0 Å². The van der Waals surface area contributed by atoms with Crippen molar-refractivity contribution in [2.24, 2.45) is 5.92 Å². The van der Waals surface area contributed by atoms with Crippen molar-refractivity contribution < 1.29 is 9.53 Å². The molecule has 0 bridgehead atoms. The molecule has 2 aromatic carbocycles. The Balaban J connectivity index is 1.26. The van der Waals surface area contributed by atoms with E-state index < -0.39 is 0 Å². The largest absolute Gasteiger partial charge is 0.445 e. The van der Waals surface area contributed by atoms with E-state index in [2.05, 4.69) is 16.0 Å². The number of amides is 1. The van der Waals surface area contributed by atoms with E-state index >= 15 is 0 Å². The Morgan fingerprint density at radius 1 is 1.08 bits per heavy atom. The Kier molecular flexibility index (Phi) is 4.86. The lowest BCUT2D eigenvalue weighted by Crippen LogP contribution is -2.39. The third-order valence-corrected chi connectivity index (χ3v) is 5.00. The minimum absolute atomic E-state index is 0.212. The lowest BCUT2D eigenvalue weighted by Gasteiger charge is -2.31. The van der Waals surface area contributed by atoms with Crippen molar-refractivity contribution in [2.75, 3.05) is 13.1 Å². The van der Waals surface area contributed by atoms with Gasteiger partial charge in [0.05, 0.1) is 11.0 Å². The van der Waals surface area contributed by atoms with Gasteiger partial charge < -0.3 is 14.6 Å². The zero-order valence-electron chi connectivity index (χ0n) is 14.7. The first-order valence-corrected chi connectivity index (χ1v) is 9.17. The van der Waals surface area contributed by atoms with Crippen LogP contribution in [-0.2, 0) is 17.8 Å². The minimum Gasteiger partial charge on any atom is -0.445 e. The molecule has 1 aliphatic heterocycles. The van der Waals surface area contributed by atoms with Crippen LogP contribution < -0.4 is 0 Å². The standard InChI is InChI=1S/C21H23N3O2/c25-21(26-15-17-6-2-1-3-7-17)24-12-10-16(11-13-24)14-20-22-18-8-4-5-9-19(18)23-20/h1-9,16H,10-15H2,(H,22,23). The molecule has 2 heterocycles. The summed E-state index contributed by atoms with van der Waals surface area (Å²) in [5.74, 6) is 1.59. The molecule has 1 amide bonds. The number of imidazole rings is 1. The summed E-state index contributed by atoms with van der Waals surface area (Å²) in [5, 5.41) is 0. The average Bonchev–Trinajstić information content (AvgIpc) is 3.10. The number of rotatable bonds is 4. The molecular formula is C21H23N3O2. The molecule has 134 valence electrons. The third-order valence-electron chi connectivity index (χ3n) is 5.00. The maximum absolute atomic E-state index is 12.2. The van der Waals surface area contributed by atoms with Crippen LogP contribution in [0.5, 0.6) is 0 Å². The molecule has 3 aromatic rings. The average molecular weight is 349 g/mol. The van der Waals surface area contributed by atoms with Crippen LogP contribution in [0.15, 0.2) is 54.6 Å². The van der Waals surface area contributed by atoms with Crippen molar-refractivity contribution in [1.82, 2.24) is 14.9 Å². The summed E-state index contributed by atoms with van der Waals surface area (Å²) in [5.41, 5.74) is 3.12. The molecule has 5 heteroatoms. The number of aromatic nitrogens is 2. The maximum atomic E-state index is 12.2. The number of ether oxygens (including phenoxy) is 1. The summed E-state index contributed by atoms with van der Waals surface area (Å²) in [7, 11) is 0. The molecule has 26 heavy (non-hydrogen) atoms. The molecule has 4 rings (SSSR count). The highest BCUT2D eigenvalue weighted by atomic mass is 16.6. The molecule has 0 unspecified atom stereocenters. The number of fused-ring (bicyclic) bond motifs is 1. The quantitative estimate of drug-likeness (QED) is 0.769. The van der Waals surface area contributed by atoms with Crippen molar-refractivity contribution >= 4 is 17.1 Å². The first-order chi connectivity index (χ1) is 12.8. The molecule has 1 saturated heterocycles. The second-order valence-corrected chi connectivity index (χ2v) is 6.88. The number of H-pyrrole nitrogens is 1. The van der Waals surface area contributed by atoms with Gasteiger partial charge in [0.15, 0.2) is 0 Å². The zero-order chi connectivity index (χ0) is 17.8. The summed E-state index contributed by atoms with van der Waals surface area (Å²) >= 11 is 0. The topological polar surface area (TPSA) is 58.2 Å². The SMILES string of the molecule is O=C(OCc1ccccc1)N1CCC(Cc2nc3ccccc3[nH]2)CC1. The molecule has 1 N–H and O–H groups in total. The molecule has 0 atom stereocenters. The predicted octanol–water partition coefficient (Wildman–Crippen LogP) is 4.15. The maximum Gasteiger partial charge on any atom is 0.410 e. The van der Waals surface area contributed by atoms with Crippen molar-refractivity contribution in [3.63, 3.8) is 0 Å². The number of nitrogens with one attached hydrogen (secondary N) is 1. The monoisotopic (exact) mass is 349 g/mol. The first-order valence-electron chi connectivity index (χ1n) is 9.17. The number of para-hydroxylation sites is 2. The number of carbonyl (C=O) groups excluding carboxylic acids is 1. The van der Waals surface area contributed by atoms with E-state index in [-0.39, 0.29) is 6.09 Å². The van der Waals surface area contributed by atoms with Crippen LogP contribution in [0.4, 0.5) is 4.79 Å². The number of benzene rings is 2. The lowest BCUT2D eigenvalue weighted by molar-refractivity contribution is 0.0822. The molecular weight excluding hydrogens is 326 g/mol. The van der Waals surface area contributed by atoms with Crippen LogP contribution in [0, 0.1) is 5.92 Å². The zero-order valence-corrected chi connectivity index (χ0v) is 14.7. The van der Waals surface area contributed by atoms with Gasteiger partial charge in [-0.25, -0.2) is 9.78 Å². The summed E-state index contributed by atoms with van der Waals surface area (Å²) in [6.45, 7) is 1.83. The normalized spacial score (nSPS) is 15.3. The Morgan fingerprint density at radius 2 is 1.81 bits per heavy atom. The van der Waals surface area contributed by atoms with Crippen LogP contribution in [-0.4, -0.2) is 34.1 Å². The van der Waals surface area contributed by atoms with E-state index in [0.717, 1.165) is 54.8 Å². The molecule has 0 spiro atoms.